The van der Waals surface area contributed by atoms with Crippen molar-refractivity contribution in [1.29, 1.82) is 0 Å². The minimum absolute atomic E-state index is 0.491. The second kappa shape index (κ2) is 7.56. The zero-order valence-corrected chi connectivity index (χ0v) is 11.2. The van der Waals surface area contributed by atoms with E-state index in [9.17, 15) is 0 Å². The van der Waals surface area contributed by atoms with Crippen LogP contribution in [0.4, 0.5) is 0 Å². The van der Waals surface area contributed by atoms with Gasteiger partial charge in [0.2, 0.25) is 0 Å². The van der Waals surface area contributed by atoms with Gasteiger partial charge >= 0.3 is 0 Å². The van der Waals surface area contributed by atoms with Gasteiger partial charge in [-0.1, -0.05) is 0 Å². The Hall–Kier alpha value is -0.840. The molecule has 1 aromatic rings. The van der Waals surface area contributed by atoms with Crippen LogP contribution in [0.15, 0.2) is 23.0 Å². The van der Waals surface area contributed by atoms with Crippen LogP contribution in [-0.4, -0.2) is 43.8 Å². The standard InChI is InChI=1S/C14H24N2O2/c1-2-18-14-3-7-16(8-4-14)9-6-15-11-13-5-10-17-12-13/h5,10,12,14-15H,2-4,6-9,11H2,1H3. The van der Waals surface area contributed by atoms with Crippen LogP contribution in [0.5, 0.6) is 0 Å². The van der Waals surface area contributed by atoms with Crippen LogP contribution < -0.4 is 5.32 Å². The molecule has 4 nitrogen and oxygen atoms in total. The molecule has 0 amide bonds. The largest absolute Gasteiger partial charge is 0.472 e. The molecular weight excluding hydrogens is 228 g/mol. The van der Waals surface area contributed by atoms with Gasteiger partial charge in [-0.15, -0.1) is 0 Å². The molecule has 0 spiro atoms. The van der Waals surface area contributed by atoms with E-state index in [-0.39, 0.29) is 0 Å². The van der Waals surface area contributed by atoms with Crippen LogP contribution in [0.1, 0.15) is 25.3 Å². The zero-order chi connectivity index (χ0) is 12.6. The first-order valence-electron chi connectivity index (χ1n) is 6.94. The third-order valence-electron chi connectivity index (χ3n) is 3.45. The smallest absolute Gasteiger partial charge is 0.0947 e. The quantitative estimate of drug-likeness (QED) is 0.752. The molecule has 0 atom stereocenters. The summed E-state index contributed by atoms with van der Waals surface area (Å²) in [4.78, 5) is 2.51. The molecule has 1 aromatic heterocycles. The van der Waals surface area contributed by atoms with Crippen molar-refractivity contribution in [2.75, 3.05) is 32.8 Å². The number of likely N-dealkylation sites (tertiary alicyclic amines) is 1. The Morgan fingerprint density at radius 2 is 2.28 bits per heavy atom. The van der Waals surface area contributed by atoms with Crippen LogP contribution in [0, 0.1) is 0 Å². The van der Waals surface area contributed by atoms with E-state index in [1.54, 1.807) is 12.5 Å². The highest BCUT2D eigenvalue weighted by molar-refractivity contribution is 5.04. The first-order valence-corrected chi connectivity index (χ1v) is 6.94. The van der Waals surface area contributed by atoms with Gasteiger partial charge in [0.05, 0.1) is 18.6 Å². The monoisotopic (exact) mass is 252 g/mol. The summed E-state index contributed by atoms with van der Waals surface area (Å²) in [6, 6.07) is 2.00. The lowest BCUT2D eigenvalue weighted by Crippen LogP contribution is -2.40. The van der Waals surface area contributed by atoms with E-state index in [1.807, 2.05) is 6.07 Å². The Labute approximate surface area is 109 Å². The lowest BCUT2D eigenvalue weighted by molar-refractivity contribution is 0.0145. The van der Waals surface area contributed by atoms with Gasteiger partial charge < -0.3 is 19.4 Å². The van der Waals surface area contributed by atoms with Crippen LogP contribution in [-0.2, 0) is 11.3 Å². The first kappa shape index (κ1) is 13.6. The zero-order valence-electron chi connectivity index (χ0n) is 11.2. The third kappa shape index (κ3) is 4.44. The maximum Gasteiger partial charge on any atom is 0.0947 e. The molecule has 2 heterocycles. The fraction of sp³-hybridized carbons (Fsp3) is 0.714. The molecule has 0 radical (unpaired) electrons. The predicted octanol–water partition coefficient (Wildman–Crippen LogP) is 1.87. The number of piperidine rings is 1. The highest BCUT2D eigenvalue weighted by Gasteiger charge is 2.18. The van der Waals surface area contributed by atoms with Gasteiger partial charge in [0.25, 0.3) is 0 Å². The number of furan rings is 1. The van der Waals surface area contributed by atoms with Crippen LogP contribution in [0.2, 0.25) is 0 Å². The topological polar surface area (TPSA) is 37.6 Å². The van der Waals surface area contributed by atoms with E-state index in [1.165, 1.54) is 18.4 Å². The van der Waals surface area contributed by atoms with E-state index in [2.05, 4.69) is 17.1 Å². The second-order valence-corrected chi connectivity index (χ2v) is 4.80. The van der Waals surface area contributed by atoms with Gasteiger partial charge in [0.1, 0.15) is 0 Å². The van der Waals surface area contributed by atoms with Crippen molar-refractivity contribution < 1.29 is 9.15 Å². The Balaban J connectivity index is 1.53. The average molecular weight is 252 g/mol. The number of ether oxygens (including phenoxy) is 1. The Kier molecular flexibility index (Phi) is 5.71. The van der Waals surface area contributed by atoms with Crippen molar-refractivity contribution >= 4 is 0 Å². The van der Waals surface area contributed by atoms with Crippen molar-refractivity contribution in [3.63, 3.8) is 0 Å². The Morgan fingerprint density at radius 1 is 1.44 bits per heavy atom. The van der Waals surface area contributed by atoms with Crippen molar-refractivity contribution in [3.8, 4) is 0 Å². The van der Waals surface area contributed by atoms with Crippen molar-refractivity contribution in [1.82, 2.24) is 10.2 Å². The molecule has 102 valence electrons. The summed E-state index contributed by atoms with van der Waals surface area (Å²) in [5, 5.41) is 3.44. The summed E-state index contributed by atoms with van der Waals surface area (Å²) in [5.74, 6) is 0. The second-order valence-electron chi connectivity index (χ2n) is 4.80. The molecule has 1 fully saturated rings. The van der Waals surface area contributed by atoms with Crippen molar-refractivity contribution in [2.24, 2.45) is 0 Å². The van der Waals surface area contributed by atoms with Gasteiger partial charge in [0, 0.05) is 44.9 Å². The molecule has 4 heteroatoms. The van der Waals surface area contributed by atoms with Gasteiger partial charge in [-0.3, -0.25) is 0 Å². The number of nitrogens with one attached hydrogen (secondary N) is 1. The molecule has 0 bridgehead atoms. The van der Waals surface area contributed by atoms with E-state index in [4.69, 9.17) is 9.15 Å². The summed E-state index contributed by atoms with van der Waals surface area (Å²) in [7, 11) is 0. The van der Waals surface area contributed by atoms with Crippen molar-refractivity contribution in [3.05, 3.63) is 24.2 Å². The molecular formula is C14H24N2O2. The molecule has 1 aliphatic rings. The molecule has 1 saturated heterocycles. The normalized spacial score (nSPS) is 18.3. The maximum atomic E-state index is 5.65. The predicted molar refractivity (Wildman–Crippen MR) is 71.5 cm³/mol. The fourth-order valence-electron chi connectivity index (χ4n) is 2.40. The fourth-order valence-corrected chi connectivity index (χ4v) is 2.40. The van der Waals surface area contributed by atoms with Gasteiger partial charge in [-0.2, -0.15) is 0 Å². The SMILES string of the molecule is CCOC1CCN(CCNCc2ccoc2)CC1. The summed E-state index contributed by atoms with van der Waals surface area (Å²) < 4.78 is 10.7. The number of nitrogens with zero attached hydrogens (tertiary/aromatic N) is 1. The molecule has 1 aliphatic heterocycles. The molecule has 0 aliphatic carbocycles. The highest BCUT2D eigenvalue weighted by Crippen LogP contribution is 2.12. The number of hydrogen-bond donors (Lipinski definition) is 1. The molecule has 18 heavy (non-hydrogen) atoms. The molecule has 0 saturated carbocycles. The van der Waals surface area contributed by atoms with Crippen LogP contribution in [0.3, 0.4) is 0 Å². The minimum Gasteiger partial charge on any atom is -0.472 e. The first-order chi connectivity index (χ1) is 8.88. The summed E-state index contributed by atoms with van der Waals surface area (Å²) in [6.07, 6.45) is 6.35. The molecule has 0 aromatic carbocycles. The molecule has 1 N–H and O–H groups in total. The average Bonchev–Trinajstić information content (AvgIpc) is 2.90. The van der Waals surface area contributed by atoms with Crippen LogP contribution >= 0.6 is 0 Å². The van der Waals surface area contributed by atoms with E-state index in [0.717, 1.165) is 39.3 Å². The third-order valence-corrected chi connectivity index (χ3v) is 3.45. The van der Waals surface area contributed by atoms with Crippen molar-refractivity contribution in [2.45, 2.75) is 32.4 Å². The summed E-state index contributed by atoms with van der Waals surface area (Å²) in [5.41, 5.74) is 1.21. The minimum atomic E-state index is 0.491. The van der Waals surface area contributed by atoms with E-state index >= 15 is 0 Å². The lowest BCUT2D eigenvalue weighted by atomic mass is 10.1. The van der Waals surface area contributed by atoms with Crippen LogP contribution in [0.25, 0.3) is 0 Å². The van der Waals surface area contributed by atoms with Gasteiger partial charge in [-0.25, -0.2) is 0 Å². The van der Waals surface area contributed by atoms with E-state index < -0.39 is 0 Å². The Bertz CT molecular complexity index is 306. The summed E-state index contributed by atoms with van der Waals surface area (Å²) >= 11 is 0. The van der Waals surface area contributed by atoms with Gasteiger partial charge in [0.15, 0.2) is 0 Å². The molecule has 0 unspecified atom stereocenters. The lowest BCUT2D eigenvalue weighted by Gasteiger charge is -2.31. The highest BCUT2D eigenvalue weighted by atomic mass is 16.5. The maximum absolute atomic E-state index is 5.65. The summed E-state index contributed by atoms with van der Waals surface area (Å²) in [6.45, 7) is 8.30. The Morgan fingerprint density at radius 3 is 2.94 bits per heavy atom. The molecule has 2 rings (SSSR count). The van der Waals surface area contributed by atoms with Gasteiger partial charge in [-0.05, 0) is 25.8 Å². The number of hydrogen-bond acceptors (Lipinski definition) is 4. The van der Waals surface area contributed by atoms with E-state index in [0.29, 0.717) is 6.10 Å². The number of rotatable bonds is 7.